The molecular weight excluding hydrogens is 238 g/mol. The second-order valence-corrected chi connectivity index (χ2v) is 5.50. The van der Waals surface area contributed by atoms with E-state index < -0.39 is 0 Å². The number of aryl methyl sites for hydroxylation is 1. The van der Waals surface area contributed by atoms with E-state index in [-0.39, 0.29) is 11.2 Å². The molecule has 0 aliphatic carbocycles. The molecule has 6 heteroatoms. The topological polar surface area (TPSA) is 56.0 Å². The lowest BCUT2D eigenvalue weighted by molar-refractivity contribution is 0.545. The van der Waals surface area contributed by atoms with E-state index in [0.717, 1.165) is 16.7 Å². The maximum atomic E-state index is 11.9. The number of hydrogen-bond acceptors (Lipinski definition) is 4. The van der Waals surface area contributed by atoms with Gasteiger partial charge in [0.25, 0.3) is 5.56 Å². The smallest absolute Gasteiger partial charge is 0.309 e. The monoisotopic (exact) mass is 255 g/mol. The summed E-state index contributed by atoms with van der Waals surface area (Å²) in [4.78, 5) is 23.4. The summed E-state index contributed by atoms with van der Waals surface area (Å²) >= 11 is 1.93. The summed E-state index contributed by atoms with van der Waals surface area (Å²) in [5.74, 6) is 2.29. The average Bonchev–Trinajstić information content (AvgIpc) is 2.82. The van der Waals surface area contributed by atoms with Crippen LogP contribution in [0.5, 0.6) is 0 Å². The predicted molar refractivity (Wildman–Crippen MR) is 69.5 cm³/mol. The third-order valence-electron chi connectivity index (χ3n) is 3.03. The van der Waals surface area contributed by atoms with Crippen molar-refractivity contribution in [1.82, 2.24) is 14.5 Å². The Kier molecular flexibility index (Phi) is 3.73. The molecule has 0 bridgehead atoms. The molecule has 0 radical (unpaired) electrons. The summed E-state index contributed by atoms with van der Waals surface area (Å²) in [6.07, 6.45) is 2.77. The summed E-state index contributed by atoms with van der Waals surface area (Å²) in [5, 5.41) is 3.36. The normalized spacial score (nSPS) is 19.8. The van der Waals surface area contributed by atoms with Crippen molar-refractivity contribution in [1.29, 1.82) is 0 Å². The SMILES string of the molecule is Cn1cc(CNC2CCSC2)c(=O)n(C)c1=O. The van der Waals surface area contributed by atoms with Crippen molar-refractivity contribution in [3.05, 3.63) is 32.6 Å². The van der Waals surface area contributed by atoms with Crippen LogP contribution in [0.2, 0.25) is 0 Å². The number of aromatic nitrogens is 2. The molecule has 1 fully saturated rings. The van der Waals surface area contributed by atoms with Crippen LogP contribution in [0.1, 0.15) is 12.0 Å². The Labute approximate surface area is 104 Å². The van der Waals surface area contributed by atoms with Crippen molar-refractivity contribution in [3.63, 3.8) is 0 Å². The quantitative estimate of drug-likeness (QED) is 0.804. The lowest BCUT2D eigenvalue weighted by Gasteiger charge is -2.12. The van der Waals surface area contributed by atoms with Gasteiger partial charge in [0.05, 0.1) is 0 Å². The Morgan fingerprint density at radius 2 is 2.24 bits per heavy atom. The minimum absolute atomic E-state index is 0.203. The Bertz CT molecular complexity index is 514. The van der Waals surface area contributed by atoms with Gasteiger partial charge in [-0.15, -0.1) is 0 Å². The zero-order valence-corrected chi connectivity index (χ0v) is 10.9. The van der Waals surface area contributed by atoms with Gasteiger partial charge < -0.3 is 9.88 Å². The lowest BCUT2D eigenvalue weighted by atomic mass is 10.2. The number of rotatable bonds is 3. The maximum Gasteiger partial charge on any atom is 0.330 e. The van der Waals surface area contributed by atoms with Crippen molar-refractivity contribution >= 4 is 11.8 Å². The second kappa shape index (κ2) is 5.10. The van der Waals surface area contributed by atoms with E-state index in [2.05, 4.69) is 5.32 Å². The van der Waals surface area contributed by atoms with E-state index in [1.54, 1.807) is 13.2 Å². The first kappa shape index (κ1) is 12.4. The van der Waals surface area contributed by atoms with Crippen molar-refractivity contribution in [2.45, 2.75) is 19.0 Å². The van der Waals surface area contributed by atoms with Crippen LogP contribution in [-0.4, -0.2) is 26.7 Å². The summed E-state index contributed by atoms with van der Waals surface area (Å²) in [6.45, 7) is 0.534. The van der Waals surface area contributed by atoms with Crippen molar-refractivity contribution in [2.24, 2.45) is 14.1 Å². The molecule has 1 aliphatic rings. The van der Waals surface area contributed by atoms with Gasteiger partial charge in [0.15, 0.2) is 0 Å². The number of thioether (sulfide) groups is 1. The lowest BCUT2D eigenvalue weighted by Crippen LogP contribution is -2.40. The van der Waals surface area contributed by atoms with E-state index in [9.17, 15) is 9.59 Å². The van der Waals surface area contributed by atoms with Crippen LogP contribution < -0.4 is 16.6 Å². The molecule has 1 aliphatic heterocycles. The largest absolute Gasteiger partial charge is 0.330 e. The second-order valence-electron chi connectivity index (χ2n) is 4.35. The van der Waals surface area contributed by atoms with Crippen molar-refractivity contribution in [2.75, 3.05) is 11.5 Å². The van der Waals surface area contributed by atoms with Gasteiger partial charge in [-0.05, 0) is 12.2 Å². The highest BCUT2D eigenvalue weighted by molar-refractivity contribution is 7.99. The first-order chi connectivity index (χ1) is 8.09. The highest BCUT2D eigenvalue weighted by Gasteiger charge is 2.15. The van der Waals surface area contributed by atoms with Gasteiger partial charge in [-0.3, -0.25) is 9.36 Å². The molecule has 2 heterocycles. The third kappa shape index (κ3) is 2.63. The van der Waals surface area contributed by atoms with E-state index in [0.29, 0.717) is 18.2 Å². The molecule has 2 rings (SSSR count). The number of nitrogens with zero attached hydrogens (tertiary/aromatic N) is 2. The average molecular weight is 255 g/mol. The van der Waals surface area contributed by atoms with Crippen LogP contribution in [0.25, 0.3) is 0 Å². The Balaban J connectivity index is 2.15. The Morgan fingerprint density at radius 3 is 2.88 bits per heavy atom. The Morgan fingerprint density at radius 1 is 1.47 bits per heavy atom. The zero-order valence-electron chi connectivity index (χ0n) is 10.1. The van der Waals surface area contributed by atoms with E-state index in [1.165, 1.54) is 17.4 Å². The molecule has 1 aromatic heterocycles. The van der Waals surface area contributed by atoms with Gasteiger partial charge in [0, 0.05) is 44.2 Å². The van der Waals surface area contributed by atoms with Gasteiger partial charge in [0.1, 0.15) is 0 Å². The van der Waals surface area contributed by atoms with Gasteiger partial charge in [-0.2, -0.15) is 11.8 Å². The molecule has 0 aromatic carbocycles. The van der Waals surface area contributed by atoms with Crippen LogP contribution in [0.15, 0.2) is 15.8 Å². The van der Waals surface area contributed by atoms with Crippen LogP contribution in [0.3, 0.4) is 0 Å². The van der Waals surface area contributed by atoms with Crippen molar-refractivity contribution < 1.29 is 0 Å². The van der Waals surface area contributed by atoms with E-state index >= 15 is 0 Å². The maximum absolute atomic E-state index is 11.9. The predicted octanol–water partition coefficient (Wildman–Crippen LogP) is -0.321. The molecule has 0 spiro atoms. The highest BCUT2D eigenvalue weighted by atomic mass is 32.2. The molecule has 1 unspecified atom stereocenters. The van der Waals surface area contributed by atoms with Crippen LogP contribution >= 0.6 is 11.8 Å². The minimum atomic E-state index is -0.282. The standard InChI is InChI=1S/C11H17N3O2S/c1-13-6-8(10(15)14(2)11(13)16)5-12-9-3-4-17-7-9/h6,9,12H,3-5,7H2,1-2H3. The number of hydrogen-bond donors (Lipinski definition) is 1. The first-order valence-electron chi connectivity index (χ1n) is 5.66. The number of nitrogens with one attached hydrogen (secondary N) is 1. The van der Waals surface area contributed by atoms with E-state index in [1.807, 2.05) is 11.8 Å². The molecular formula is C11H17N3O2S. The fourth-order valence-corrected chi connectivity index (χ4v) is 3.14. The molecule has 94 valence electrons. The third-order valence-corrected chi connectivity index (χ3v) is 4.19. The molecule has 17 heavy (non-hydrogen) atoms. The Hall–Kier alpha value is -1.01. The first-order valence-corrected chi connectivity index (χ1v) is 6.81. The molecule has 0 saturated carbocycles. The summed E-state index contributed by atoms with van der Waals surface area (Å²) in [7, 11) is 3.18. The zero-order chi connectivity index (χ0) is 12.4. The van der Waals surface area contributed by atoms with Gasteiger partial charge in [0.2, 0.25) is 0 Å². The van der Waals surface area contributed by atoms with E-state index in [4.69, 9.17) is 0 Å². The molecule has 1 N–H and O–H groups in total. The van der Waals surface area contributed by atoms with Crippen LogP contribution in [0.4, 0.5) is 0 Å². The van der Waals surface area contributed by atoms with Gasteiger partial charge in [-0.25, -0.2) is 4.79 Å². The molecule has 1 atom stereocenters. The fraction of sp³-hybridized carbons (Fsp3) is 0.636. The van der Waals surface area contributed by atoms with Gasteiger partial charge >= 0.3 is 5.69 Å². The van der Waals surface area contributed by atoms with Gasteiger partial charge in [-0.1, -0.05) is 0 Å². The summed E-state index contributed by atoms with van der Waals surface area (Å²) in [6, 6.07) is 0.488. The molecule has 0 amide bonds. The highest BCUT2D eigenvalue weighted by Crippen LogP contribution is 2.17. The van der Waals surface area contributed by atoms with Crippen molar-refractivity contribution in [3.8, 4) is 0 Å². The minimum Gasteiger partial charge on any atom is -0.309 e. The van der Waals surface area contributed by atoms with Crippen LogP contribution in [-0.2, 0) is 20.6 Å². The fourth-order valence-electron chi connectivity index (χ4n) is 1.95. The molecule has 5 nitrogen and oxygen atoms in total. The molecule has 1 saturated heterocycles. The summed E-state index contributed by atoms with van der Waals surface area (Å²) < 4.78 is 2.60. The molecule has 1 aromatic rings. The summed E-state index contributed by atoms with van der Waals surface area (Å²) in [5.41, 5.74) is 0.160. The van der Waals surface area contributed by atoms with Crippen LogP contribution in [0, 0.1) is 0 Å².